The van der Waals surface area contributed by atoms with Crippen LogP contribution in [0.15, 0.2) is 22.8 Å². The van der Waals surface area contributed by atoms with Crippen LogP contribution in [0.4, 0.5) is 0 Å². The van der Waals surface area contributed by atoms with Crippen molar-refractivity contribution in [1.29, 1.82) is 0 Å². The maximum Gasteiger partial charge on any atom is 0.104 e. The molecule has 84 valence electrons. The molecule has 0 atom stereocenters. The molecule has 1 aliphatic rings. The second kappa shape index (κ2) is 4.81. The summed E-state index contributed by atoms with van der Waals surface area (Å²) in [7, 11) is 2.01. The Kier molecular flexibility index (Phi) is 3.44. The number of rotatable bonds is 4. The summed E-state index contributed by atoms with van der Waals surface area (Å²) < 4.78 is 10.9. The van der Waals surface area contributed by atoms with Gasteiger partial charge in [-0.15, -0.1) is 0 Å². The van der Waals surface area contributed by atoms with Gasteiger partial charge >= 0.3 is 0 Å². The van der Waals surface area contributed by atoms with Gasteiger partial charge in [-0.3, -0.25) is 0 Å². The molecule has 1 aromatic heterocycles. The van der Waals surface area contributed by atoms with Gasteiger partial charge in [0.1, 0.15) is 5.76 Å². The highest BCUT2D eigenvalue weighted by atomic mass is 16.5. The highest BCUT2D eigenvalue weighted by molar-refractivity contribution is 5.03. The predicted molar refractivity (Wildman–Crippen MR) is 58.8 cm³/mol. The van der Waals surface area contributed by atoms with Crippen molar-refractivity contribution in [1.82, 2.24) is 5.32 Å². The molecule has 0 aliphatic carbocycles. The van der Waals surface area contributed by atoms with Gasteiger partial charge in [-0.25, -0.2) is 0 Å². The number of nitrogens with one attached hydrogen (secondary N) is 1. The number of hydrogen-bond donors (Lipinski definition) is 1. The number of hydrogen-bond acceptors (Lipinski definition) is 3. The largest absolute Gasteiger partial charge is 0.469 e. The third-order valence-corrected chi connectivity index (χ3v) is 3.23. The number of ether oxygens (including phenoxy) is 1. The standard InChI is InChI=1S/C12H19NO2/c1-13-10-12(4-7-14-8-5-12)9-11-3-2-6-15-11/h2-3,6,13H,4-5,7-10H2,1H3. The Balaban J connectivity index is 2.04. The van der Waals surface area contributed by atoms with Crippen molar-refractivity contribution in [3.05, 3.63) is 24.2 Å². The molecule has 3 heteroatoms. The van der Waals surface area contributed by atoms with Gasteiger partial charge in [0.25, 0.3) is 0 Å². The first-order chi connectivity index (χ1) is 7.35. The van der Waals surface area contributed by atoms with Crippen molar-refractivity contribution in [3.63, 3.8) is 0 Å². The second-order valence-corrected chi connectivity index (χ2v) is 4.40. The highest BCUT2D eigenvalue weighted by Crippen LogP contribution is 2.33. The van der Waals surface area contributed by atoms with Crippen molar-refractivity contribution < 1.29 is 9.15 Å². The molecule has 0 spiro atoms. The van der Waals surface area contributed by atoms with Gasteiger partial charge in [-0.2, -0.15) is 0 Å². The third-order valence-electron chi connectivity index (χ3n) is 3.23. The first-order valence-electron chi connectivity index (χ1n) is 5.59. The molecule has 0 bridgehead atoms. The van der Waals surface area contributed by atoms with Crippen LogP contribution in [-0.4, -0.2) is 26.8 Å². The van der Waals surface area contributed by atoms with Crippen LogP contribution in [0.5, 0.6) is 0 Å². The Bertz CT molecular complexity index is 270. The Labute approximate surface area is 90.8 Å². The van der Waals surface area contributed by atoms with Crippen LogP contribution in [0.1, 0.15) is 18.6 Å². The Morgan fingerprint density at radius 2 is 2.20 bits per heavy atom. The molecule has 0 amide bonds. The van der Waals surface area contributed by atoms with E-state index >= 15 is 0 Å². The lowest BCUT2D eigenvalue weighted by Crippen LogP contribution is -2.39. The zero-order valence-electron chi connectivity index (χ0n) is 9.29. The van der Waals surface area contributed by atoms with Crippen molar-refractivity contribution in [2.75, 3.05) is 26.8 Å². The second-order valence-electron chi connectivity index (χ2n) is 4.40. The average molecular weight is 209 g/mol. The van der Waals surface area contributed by atoms with Crippen LogP contribution >= 0.6 is 0 Å². The topological polar surface area (TPSA) is 34.4 Å². The van der Waals surface area contributed by atoms with Crippen molar-refractivity contribution in [2.24, 2.45) is 5.41 Å². The zero-order valence-corrected chi connectivity index (χ0v) is 9.29. The van der Waals surface area contributed by atoms with E-state index in [1.807, 2.05) is 13.1 Å². The Morgan fingerprint density at radius 3 is 2.80 bits per heavy atom. The predicted octanol–water partition coefficient (Wildman–Crippen LogP) is 1.84. The molecule has 1 N–H and O–H groups in total. The van der Waals surface area contributed by atoms with Gasteiger partial charge in [0.05, 0.1) is 6.26 Å². The normalized spacial score (nSPS) is 20.3. The molecule has 0 unspecified atom stereocenters. The molecule has 0 saturated carbocycles. The lowest BCUT2D eigenvalue weighted by molar-refractivity contribution is 0.0135. The van der Waals surface area contributed by atoms with E-state index in [4.69, 9.17) is 9.15 Å². The van der Waals surface area contributed by atoms with Gasteiger partial charge in [0, 0.05) is 26.2 Å². The first-order valence-corrected chi connectivity index (χ1v) is 5.59. The average Bonchev–Trinajstić information content (AvgIpc) is 2.72. The summed E-state index contributed by atoms with van der Waals surface area (Å²) in [4.78, 5) is 0. The zero-order chi connectivity index (χ0) is 10.6. The van der Waals surface area contributed by atoms with Crippen molar-refractivity contribution in [3.8, 4) is 0 Å². The molecular formula is C12H19NO2. The third kappa shape index (κ3) is 2.61. The van der Waals surface area contributed by atoms with E-state index in [-0.39, 0.29) is 0 Å². The molecule has 3 nitrogen and oxygen atoms in total. The van der Waals surface area contributed by atoms with Gasteiger partial charge in [0.2, 0.25) is 0 Å². The Morgan fingerprint density at radius 1 is 1.40 bits per heavy atom. The fourth-order valence-electron chi connectivity index (χ4n) is 2.38. The molecule has 1 saturated heterocycles. The van der Waals surface area contributed by atoms with E-state index in [2.05, 4.69) is 11.4 Å². The van der Waals surface area contributed by atoms with Crippen molar-refractivity contribution >= 4 is 0 Å². The summed E-state index contributed by atoms with van der Waals surface area (Å²) in [5.74, 6) is 1.09. The molecule has 2 rings (SSSR count). The summed E-state index contributed by atoms with van der Waals surface area (Å²) >= 11 is 0. The van der Waals surface area contributed by atoms with E-state index in [9.17, 15) is 0 Å². The van der Waals surface area contributed by atoms with Crippen LogP contribution < -0.4 is 5.32 Å². The summed E-state index contributed by atoms with van der Waals surface area (Å²) in [6.07, 6.45) is 5.01. The molecule has 15 heavy (non-hydrogen) atoms. The van der Waals surface area contributed by atoms with Gasteiger partial charge in [0.15, 0.2) is 0 Å². The lowest BCUT2D eigenvalue weighted by atomic mass is 9.76. The van der Waals surface area contributed by atoms with Crippen LogP contribution in [0.2, 0.25) is 0 Å². The van der Waals surface area contributed by atoms with Gasteiger partial charge in [-0.05, 0) is 37.4 Å². The molecule has 1 aliphatic heterocycles. The fraction of sp³-hybridized carbons (Fsp3) is 0.667. The summed E-state index contributed by atoms with van der Waals surface area (Å²) in [5, 5.41) is 3.29. The summed E-state index contributed by atoms with van der Waals surface area (Å²) in [6.45, 7) is 2.79. The smallest absolute Gasteiger partial charge is 0.104 e. The Hall–Kier alpha value is -0.800. The lowest BCUT2D eigenvalue weighted by Gasteiger charge is -2.36. The molecular weight excluding hydrogens is 190 g/mol. The molecule has 1 fully saturated rings. The number of furan rings is 1. The molecule has 1 aromatic rings. The van der Waals surface area contributed by atoms with Gasteiger partial charge in [-0.1, -0.05) is 0 Å². The SMILES string of the molecule is CNCC1(Cc2ccco2)CCOCC1. The maximum absolute atomic E-state index is 5.44. The van der Waals surface area contributed by atoms with Crippen LogP contribution in [-0.2, 0) is 11.2 Å². The van der Waals surface area contributed by atoms with E-state index in [0.29, 0.717) is 5.41 Å². The summed E-state index contributed by atoms with van der Waals surface area (Å²) in [6, 6.07) is 4.02. The van der Waals surface area contributed by atoms with E-state index in [1.54, 1.807) is 6.26 Å². The quantitative estimate of drug-likeness (QED) is 0.821. The van der Waals surface area contributed by atoms with E-state index in [0.717, 1.165) is 44.8 Å². The van der Waals surface area contributed by atoms with Crippen molar-refractivity contribution in [2.45, 2.75) is 19.3 Å². The first kappa shape index (κ1) is 10.7. The van der Waals surface area contributed by atoms with Crippen LogP contribution in [0.3, 0.4) is 0 Å². The monoisotopic (exact) mass is 209 g/mol. The van der Waals surface area contributed by atoms with Gasteiger partial charge < -0.3 is 14.5 Å². The minimum Gasteiger partial charge on any atom is -0.469 e. The molecule has 2 heterocycles. The maximum atomic E-state index is 5.44. The minimum atomic E-state index is 0.324. The van der Waals surface area contributed by atoms with E-state index < -0.39 is 0 Å². The minimum absolute atomic E-state index is 0.324. The van der Waals surface area contributed by atoms with E-state index in [1.165, 1.54) is 0 Å². The molecule has 0 aromatic carbocycles. The molecule has 0 radical (unpaired) electrons. The highest BCUT2D eigenvalue weighted by Gasteiger charge is 2.32. The fourth-order valence-corrected chi connectivity index (χ4v) is 2.38. The van der Waals surface area contributed by atoms with Crippen LogP contribution in [0, 0.1) is 5.41 Å². The summed E-state index contributed by atoms with van der Waals surface area (Å²) in [5.41, 5.74) is 0.324. The van der Waals surface area contributed by atoms with Crippen LogP contribution in [0.25, 0.3) is 0 Å².